The fourth-order valence-electron chi connectivity index (χ4n) is 2.06. The first-order chi connectivity index (χ1) is 10.1. The lowest BCUT2D eigenvalue weighted by Gasteiger charge is -2.20. The maximum absolute atomic E-state index is 14.1. The first kappa shape index (κ1) is 18.0. The van der Waals surface area contributed by atoms with Gasteiger partial charge in [-0.05, 0) is 31.9 Å². The van der Waals surface area contributed by atoms with Crippen molar-refractivity contribution in [2.45, 2.75) is 32.7 Å². The highest BCUT2D eigenvalue weighted by Gasteiger charge is 2.19. The van der Waals surface area contributed by atoms with Crippen LogP contribution in [-0.4, -0.2) is 33.5 Å². The fourth-order valence-corrected chi connectivity index (χ4v) is 2.06. The number of rotatable bonds is 10. The summed E-state index contributed by atoms with van der Waals surface area (Å²) in [5, 5.41) is 3.25. The molecule has 3 nitrogen and oxygen atoms in total. The van der Waals surface area contributed by atoms with E-state index in [1.54, 1.807) is 26.2 Å². The second-order valence-electron chi connectivity index (χ2n) is 5.00. The van der Waals surface area contributed by atoms with Crippen LogP contribution in [0.2, 0.25) is 0 Å². The Labute approximate surface area is 125 Å². The van der Waals surface area contributed by atoms with Crippen LogP contribution >= 0.6 is 0 Å². The minimum Gasteiger partial charge on any atom is -0.382 e. The number of nitrogens with one attached hydrogen (secondary N) is 1. The number of benzene rings is 1. The van der Waals surface area contributed by atoms with Gasteiger partial charge in [-0.15, -0.1) is 0 Å². The minimum absolute atomic E-state index is 0.248. The molecule has 0 amide bonds. The van der Waals surface area contributed by atoms with Gasteiger partial charge in [-0.1, -0.05) is 19.1 Å². The predicted octanol–water partition coefficient (Wildman–Crippen LogP) is 3.37. The zero-order valence-electron chi connectivity index (χ0n) is 13.0. The Morgan fingerprint density at radius 2 is 1.90 bits per heavy atom. The molecule has 1 unspecified atom stereocenters. The molecule has 0 fully saturated rings. The molecule has 0 aliphatic heterocycles. The normalized spacial score (nSPS) is 12.6. The maximum atomic E-state index is 14.1. The van der Waals surface area contributed by atoms with Crippen molar-refractivity contribution in [1.82, 2.24) is 5.32 Å². The molecule has 5 heteroatoms. The van der Waals surface area contributed by atoms with Gasteiger partial charge in [0.15, 0.2) is 11.6 Å². The van der Waals surface area contributed by atoms with Crippen LogP contribution in [0.1, 0.15) is 36.9 Å². The van der Waals surface area contributed by atoms with Crippen LogP contribution in [0.3, 0.4) is 0 Å². The number of halogens is 2. The third kappa shape index (κ3) is 5.69. The summed E-state index contributed by atoms with van der Waals surface area (Å²) < 4.78 is 38.1. The average molecular weight is 301 g/mol. The predicted molar refractivity (Wildman–Crippen MR) is 79.4 cm³/mol. The van der Waals surface area contributed by atoms with Gasteiger partial charge in [0, 0.05) is 25.3 Å². The summed E-state index contributed by atoms with van der Waals surface area (Å²) in [5.41, 5.74) is 0.684. The van der Waals surface area contributed by atoms with Gasteiger partial charge in [0.2, 0.25) is 0 Å². The summed E-state index contributed by atoms with van der Waals surface area (Å²) in [5.74, 6) is -1.53. The van der Waals surface area contributed by atoms with E-state index in [4.69, 9.17) is 9.47 Å². The van der Waals surface area contributed by atoms with Crippen molar-refractivity contribution < 1.29 is 18.3 Å². The lowest BCUT2D eigenvalue weighted by Crippen LogP contribution is -2.25. The van der Waals surface area contributed by atoms with E-state index in [0.29, 0.717) is 37.4 Å². The third-order valence-corrected chi connectivity index (χ3v) is 3.30. The SMILES string of the molecule is CCCNC(CCOCCOC)c1ccc(C)c(F)c1F. The van der Waals surface area contributed by atoms with Crippen LogP contribution in [0.5, 0.6) is 0 Å². The van der Waals surface area contributed by atoms with Crippen molar-refractivity contribution in [3.63, 3.8) is 0 Å². The van der Waals surface area contributed by atoms with E-state index in [9.17, 15) is 8.78 Å². The van der Waals surface area contributed by atoms with Crippen molar-refractivity contribution >= 4 is 0 Å². The molecular formula is C16H25F2NO2. The summed E-state index contributed by atoms with van der Waals surface area (Å²) >= 11 is 0. The van der Waals surface area contributed by atoms with Gasteiger partial charge >= 0.3 is 0 Å². The Morgan fingerprint density at radius 1 is 1.14 bits per heavy atom. The highest BCUT2D eigenvalue weighted by Crippen LogP contribution is 2.24. The summed E-state index contributed by atoms with van der Waals surface area (Å²) in [7, 11) is 1.61. The molecular weight excluding hydrogens is 276 g/mol. The summed E-state index contributed by atoms with van der Waals surface area (Å²) in [4.78, 5) is 0. The van der Waals surface area contributed by atoms with E-state index in [1.807, 2.05) is 6.92 Å². The first-order valence-electron chi connectivity index (χ1n) is 7.36. The number of methoxy groups -OCH3 is 1. The fraction of sp³-hybridized carbons (Fsp3) is 0.625. The van der Waals surface area contributed by atoms with Crippen LogP contribution in [0.4, 0.5) is 8.78 Å². The quantitative estimate of drug-likeness (QED) is 0.672. The topological polar surface area (TPSA) is 30.5 Å². The molecule has 0 saturated heterocycles. The second-order valence-corrected chi connectivity index (χ2v) is 5.00. The number of hydrogen-bond donors (Lipinski definition) is 1. The minimum atomic E-state index is -0.768. The molecule has 0 saturated carbocycles. The number of aryl methyl sites for hydroxylation is 1. The van der Waals surface area contributed by atoms with E-state index < -0.39 is 11.6 Å². The largest absolute Gasteiger partial charge is 0.382 e. The monoisotopic (exact) mass is 301 g/mol. The van der Waals surface area contributed by atoms with E-state index in [-0.39, 0.29) is 6.04 Å². The van der Waals surface area contributed by atoms with Gasteiger partial charge in [-0.3, -0.25) is 0 Å². The number of ether oxygens (including phenoxy) is 2. The molecule has 1 N–H and O–H groups in total. The maximum Gasteiger partial charge on any atom is 0.163 e. The molecule has 21 heavy (non-hydrogen) atoms. The van der Waals surface area contributed by atoms with Crippen LogP contribution < -0.4 is 5.32 Å². The average Bonchev–Trinajstić information content (AvgIpc) is 2.48. The number of hydrogen-bond acceptors (Lipinski definition) is 3. The Balaban J connectivity index is 2.70. The Hall–Kier alpha value is -1.04. The third-order valence-electron chi connectivity index (χ3n) is 3.30. The molecule has 0 aromatic heterocycles. The summed E-state index contributed by atoms with van der Waals surface area (Å²) in [6.45, 7) is 5.84. The molecule has 1 atom stereocenters. The van der Waals surface area contributed by atoms with Gasteiger partial charge < -0.3 is 14.8 Å². The Bertz CT molecular complexity index is 427. The zero-order chi connectivity index (χ0) is 15.7. The van der Waals surface area contributed by atoms with Crippen LogP contribution in [0.25, 0.3) is 0 Å². The van der Waals surface area contributed by atoms with Gasteiger partial charge in [0.05, 0.1) is 13.2 Å². The van der Waals surface area contributed by atoms with E-state index >= 15 is 0 Å². The summed E-state index contributed by atoms with van der Waals surface area (Å²) in [6, 6.07) is 3.01. The summed E-state index contributed by atoms with van der Waals surface area (Å²) in [6.07, 6.45) is 1.51. The van der Waals surface area contributed by atoms with Crippen molar-refractivity contribution in [3.8, 4) is 0 Å². The molecule has 0 spiro atoms. The highest BCUT2D eigenvalue weighted by atomic mass is 19.2. The first-order valence-corrected chi connectivity index (χ1v) is 7.36. The van der Waals surface area contributed by atoms with Crippen molar-refractivity contribution in [2.24, 2.45) is 0 Å². The van der Waals surface area contributed by atoms with E-state index in [2.05, 4.69) is 5.32 Å². The van der Waals surface area contributed by atoms with Crippen molar-refractivity contribution in [3.05, 3.63) is 34.9 Å². The molecule has 0 heterocycles. The molecule has 0 aliphatic rings. The van der Waals surface area contributed by atoms with E-state index in [1.165, 1.54) is 0 Å². The zero-order valence-corrected chi connectivity index (χ0v) is 13.0. The van der Waals surface area contributed by atoms with E-state index in [0.717, 1.165) is 13.0 Å². The molecule has 120 valence electrons. The van der Waals surface area contributed by atoms with Crippen LogP contribution in [-0.2, 0) is 9.47 Å². The standard InChI is InChI=1S/C16H25F2NO2/c1-4-8-19-14(7-9-21-11-10-20-3)13-6-5-12(2)15(17)16(13)18/h5-6,14,19H,4,7-11H2,1-3H3. The molecule has 0 bridgehead atoms. The molecule has 0 radical (unpaired) electrons. The molecule has 0 aliphatic carbocycles. The molecule has 1 aromatic rings. The Kier molecular flexibility index (Phi) is 8.42. The van der Waals surface area contributed by atoms with Crippen LogP contribution in [0, 0.1) is 18.6 Å². The van der Waals surface area contributed by atoms with Gasteiger partial charge in [-0.25, -0.2) is 8.78 Å². The Morgan fingerprint density at radius 3 is 2.57 bits per heavy atom. The van der Waals surface area contributed by atoms with Crippen molar-refractivity contribution in [1.29, 1.82) is 0 Å². The van der Waals surface area contributed by atoms with Crippen molar-refractivity contribution in [2.75, 3.05) is 33.5 Å². The van der Waals surface area contributed by atoms with Gasteiger partial charge in [-0.2, -0.15) is 0 Å². The molecule has 1 aromatic carbocycles. The van der Waals surface area contributed by atoms with Gasteiger partial charge in [0.25, 0.3) is 0 Å². The highest BCUT2D eigenvalue weighted by molar-refractivity contribution is 5.27. The van der Waals surface area contributed by atoms with Gasteiger partial charge in [0.1, 0.15) is 0 Å². The smallest absolute Gasteiger partial charge is 0.163 e. The molecule has 1 rings (SSSR count). The lowest BCUT2D eigenvalue weighted by atomic mass is 10.0. The lowest BCUT2D eigenvalue weighted by molar-refractivity contribution is 0.0656. The van der Waals surface area contributed by atoms with Crippen LogP contribution in [0.15, 0.2) is 12.1 Å². The second kappa shape index (κ2) is 9.82.